The number of hydrogen-bond donors (Lipinski definition) is 0. The average Bonchev–Trinajstić information content (AvgIpc) is 3.15. The van der Waals surface area contributed by atoms with Gasteiger partial charge in [-0.15, -0.1) is 0 Å². The molecule has 0 aromatic heterocycles. The fourth-order valence-corrected chi connectivity index (χ4v) is 16.7. The van der Waals surface area contributed by atoms with Crippen LogP contribution in [0.5, 0.6) is 0 Å². The van der Waals surface area contributed by atoms with E-state index in [1.54, 1.807) is 42.7 Å². The van der Waals surface area contributed by atoms with Gasteiger partial charge in [0.2, 0.25) is 0 Å². The molecule has 0 aromatic carbocycles. The molecule has 0 aromatic rings. The largest absolute Gasteiger partial charge is 0.526 e. The van der Waals surface area contributed by atoms with Crippen molar-refractivity contribution in [2.24, 2.45) is 0 Å². The number of nitrogens with zero attached hydrogens (tertiary/aromatic N) is 1. The molecule has 9 heteroatoms. The molecule has 0 radical (unpaired) electrons. The minimum absolute atomic E-state index is 0.688. The molecule has 0 unspecified atom stereocenters. The molecule has 0 saturated heterocycles. The Morgan fingerprint density at radius 1 is 0.320 bits per heavy atom. The molecule has 0 heterocycles. The van der Waals surface area contributed by atoms with E-state index in [1.807, 2.05) is 0 Å². The highest BCUT2D eigenvalue weighted by Crippen LogP contribution is 2.42. The van der Waals surface area contributed by atoms with Crippen molar-refractivity contribution in [3.8, 4) is 0 Å². The Kier molecular flexibility index (Phi) is 33.8. The number of hydrogen-bond acceptors (Lipinski definition) is 7. The molecule has 0 aliphatic rings. The Morgan fingerprint density at radius 2 is 0.520 bits per heavy atom. The Balaban J connectivity index is 5.19. The summed E-state index contributed by atoms with van der Waals surface area (Å²) in [5.41, 5.74) is 0. The monoisotopic (exact) mass is 748 g/mol. The van der Waals surface area contributed by atoms with E-state index in [0.717, 1.165) is 25.9 Å². The number of unbranched alkanes of at least 4 members (excludes halogenated alkanes) is 26. The van der Waals surface area contributed by atoms with Crippen molar-refractivity contribution in [3.63, 3.8) is 0 Å². The van der Waals surface area contributed by atoms with Crippen LogP contribution in [-0.4, -0.2) is 83.0 Å². The van der Waals surface area contributed by atoms with Crippen LogP contribution < -0.4 is 0 Å². The summed E-state index contributed by atoms with van der Waals surface area (Å²) in [4.78, 5) is 1.79. The van der Waals surface area contributed by atoms with Crippen molar-refractivity contribution in [2.75, 3.05) is 55.7 Å². The molecule has 0 bridgehead atoms. The maximum atomic E-state index is 6.28. The Morgan fingerprint density at radius 3 is 0.700 bits per heavy atom. The molecule has 302 valence electrons. The van der Waals surface area contributed by atoms with Gasteiger partial charge in [0.25, 0.3) is 0 Å². The van der Waals surface area contributed by atoms with E-state index in [-0.39, 0.29) is 0 Å². The van der Waals surface area contributed by atoms with Gasteiger partial charge in [-0.1, -0.05) is 188 Å². The van der Waals surface area contributed by atoms with Gasteiger partial charge in [0.1, 0.15) is 0 Å². The molecule has 0 fully saturated rings. The third-order valence-corrected chi connectivity index (χ3v) is 19.7. The summed E-state index contributed by atoms with van der Waals surface area (Å²) in [7, 11) is 3.54. The lowest BCUT2D eigenvalue weighted by Gasteiger charge is -2.54. The van der Waals surface area contributed by atoms with Gasteiger partial charge in [0, 0.05) is 42.7 Å². The second-order valence-electron chi connectivity index (χ2n) is 14.7. The predicted octanol–water partition coefficient (Wildman–Crippen LogP) is 12.2. The van der Waals surface area contributed by atoms with Gasteiger partial charge in [0.05, 0.1) is 0 Å². The summed E-state index contributed by atoms with van der Waals surface area (Å²) >= 11 is 0. The van der Waals surface area contributed by atoms with Crippen LogP contribution in [0.25, 0.3) is 0 Å². The zero-order valence-electron chi connectivity index (χ0n) is 35.3. The number of rotatable bonds is 40. The van der Waals surface area contributed by atoms with Crippen LogP contribution in [0.3, 0.4) is 0 Å². The SMILES string of the molecule is CCCCCCCCCCCCCCCCN(CCCCCCCCCCCCCCCC)C(CC)([Si](OC)(OC)OC)[Si](OC)(OC)OC. The lowest BCUT2D eigenvalue weighted by Crippen LogP contribution is -2.84. The van der Waals surface area contributed by atoms with Crippen LogP contribution >= 0.6 is 0 Å². The molecule has 0 rings (SSSR count). The fourth-order valence-electron chi connectivity index (χ4n) is 8.23. The van der Waals surface area contributed by atoms with E-state index in [0.29, 0.717) is 6.42 Å². The first-order chi connectivity index (χ1) is 24.4. The van der Waals surface area contributed by atoms with Crippen LogP contribution in [0.4, 0.5) is 0 Å². The molecule has 7 nitrogen and oxygen atoms in total. The van der Waals surface area contributed by atoms with Gasteiger partial charge in [-0.05, 0) is 32.4 Å². The van der Waals surface area contributed by atoms with Gasteiger partial charge in [-0.25, -0.2) is 0 Å². The van der Waals surface area contributed by atoms with Crippen LogP contribution in [0, 0.1) is 0 Å². The molecule has 0 aliphatic heterocycles. The maximum absolute atomic E-state index is 6.28. The Labute approximate surface area is 315 Å². The second kappa shape index (κ2) is 33.7. The highest BCUT2D eigenvalue weighted by molar-refractivity contribution is 6.85. The van der Waals surface area contributed by atoms with E-state index in [1.165, 1.54) is 167 Å². The van der Waals surface area contributed by atoms with Crippen molar-refractivity contribution in [3.05, 3.63) is 0 Å². The van der Waals surface area contributed by atoms with E-state index in [2.05, 4.69) is 25.7 Å². The molecular formula is C41H89NO6Si2. The second-order valence-corrected chi connectivity index (χ2v) is 21.6. The molecule has 0 saturated carbocycles. The van der Waals surface area contributed by atoms with E-state index < -0.39 is 22.4 Å². The van der Waals surface area contributed by atoms with Crippen LogP contribution in [0.15, 0.2) is 0 Å². The highest BCUT2D eigenvalue weighted by Gasteiger charge is 2.77. The van der Waals surface area contributed by atoms with Gasteiger partial charge in [-0.3, -0.25) is 4.90 Å². The summed E-state index contributed by atoms with van der Waals surface area (Å²) in [6.45, 7) is 8.60. The predicted molar refractivity (Wildman–Crippen MR) is 219 cm³/mol. The average molecular weight is 748 g/mol. The summed E-state index contributed by atoms with van der Waals surface area (Å²) in [5, 5.41) is 0. The van der Waals surface area contributed by atoms with E-state index in [9.17, 15) is 0 Å². The van der Waals surface area contributed by atoms with Crippen molar-refractivity contribution >= 4 is 17.6 Å². The van der Waals surface area contributed by atoms with Gasteiger partial charge < -0.3 is 26.6 Å². The quantitative estimate of drug-likeness (QED) is 0.0457. The molecule has 50 heavy (non-hydrogen) atoms. The molecular weight excluding hydrogens is 659 g/mol. The summed E-state index contributed by atoms with van der Waals surface area (Å²) in [6.07, 6.45) is 38.5. The molecule has 0 N–H and O–H groups in total. The maximum Gasteiger partial charge on any atom is 0.526 e. The van der Waals surface area contributed by atoms with Crippen molar-refractivity contribution < 1.29 is 26.6 Å². The van der Waals surface area contributed by atoms with E-state index >= 15 is 0 Å². The van der Waals surface area contributed by atoms with Crippen molar-refractivity contribution in [1.29, 1.82) is 0 Å². The Bertz CT molecular complexity index is 642. The van der Waals surface area contributed by atoms with Gasteiger partial charge in [0.15, 0.2) is 4.79 Å². The molecule has 0 spiro atoms. The smallest absolute Gasteiger partial charge is 0.376 e. The van der Waals surface area contributed by atoms with Gasteiger partial charge >= 0.3 is 17.6 Å². The first kappa shape index (κ1) is 50.2. The van der Waals surface area contributed by atoms with Crippen LogP contribution in [-0.2, 0) is 26.6 Å². The molecule has 0 atom stereocenters. The molecule has 0 amide bonds. The summed E-state index contributed by atoms with van der Waals surface area (Å²) in [5.74, 6) is 0. The topological polar surface area (TPSA) is 58.6 Å². The highest BCUT2D eigenvalue weighted by atomic mass is 28.5. The van der Waals surface area contributed by atoms with Gasteiger partial charge in [-0.2, -0.15) is 0 Å². The lowest BCUT2D eigenvalue weighted by molar-refractivity contribution is -0.00380. The third-order valence-electron chi connectivity index (χ3n) is 11.2. The van der Waals surface area contributed by atoms with Crippen LogP contribution in [0.1, 0.15) is 207 Å². The first-order valence-corrected chi connectivity index (χ1v) is 25.0. The van der Waals surface area contributed by atoms with E-state index in [4.69, 9.17) is 26.6 Å². The fraction of sp³-hybridized carbons (Fsp3) is 1.00. The third kappa shape index (κ3) is 18.0. The minimum atomic E-state index is -3.36. The summed E-state index contributed by atoms with van der Waals surface area (Å²) in [6, 6.07) is 0. The Hall–Kier alpha value is 0.154. The van der Waals surface area contributed by atoms with Crippen molar-refractivity contribution in [1.82, 2.24) is 4.90 Å². The zero-order valence-corrected chi connectivity index (χ0v) is 37.3. The normalized spacial score (nSPS) is 12.8. The summed E-state index contributed by atoms with van der Waals surface area (Å²) < 4.78 is 37.7. The minimum Gasteiger partial charge on any atom is -0.376 e. The molecule has 0 aliphatic carbocycles. The zero-order chi connectivity index (χ0) is 37.2. The van der Waals surface area contributed by atoms with Crippen LogP contribution in [0.2, 0.25) is 0 Å². The first-order valence-electron chi connectivity index (χ1n) is 21.5. The van der Waals surface area contributed by atoms with Crippen molar-refractivity contribution in [2.45, 2.75) is 212 Å². The lowest BCUT2D eigenvalue weighted by atomic mass is 10.0. The standard InChI is InChI=1S/C41H89NO6Si2/c1-10-13-15-17-19-21-23-25-27-29-31-33-35-37-39-42(40-38-36-34-32-30-28-26-24-22-20-18-16-14-11-2)41(12-3,49(43-4,44-5)45-6)50(46-7,47-8)48-9/h10-40H2,1-9H3.